The average molecular weight is 253 g/mol. The molecular formula is C14H27N3O. The van der Waals surface area contributed by atoms with Crippen molar-refractivity contribution in [1.82, 2.24) is 15.5 Å². The van der Waals surface area contributed by atoms with Gasteiger partial charge in [-0.25, -0.2) is 0 Å². The van der Waals surface area contributed by atoms with Crippen LogP contribution in [0.3, 0.4) is 0 Å². The highest BCUT2D eigenvalue weighted by molar-refractivity contribution is 5.76. The van der Waals surface area contributed by atoms with Crippen molar-refractivity contribution in [2.24, 2.45) is 5.92 Å². The number of hydrogen-bond acceptors (Lipinski definition) is 3. The van der Waals surface area contributed by atoms with Gasteiger partial charge in [-0.3, -0.25) is 4.79 Å². The minimum Gasteiger partial charge on any atom is -0.355 e. The van der Waals surface area contributed by atoms with Crippen molar-refractivity contribution < 1.29 is 4.79 Å². The Hall–Kier alpha value is -0.610. The molecule has 2 fully saturated rings. The molecule has 2 rings (SSSR count). The molecule has 0 bridgehead atoms. The molecule has 2 saturated heterocycles. The third-order valence-corrected chi connectivity index (χ3v) is 4.13. The lowest BCUT2D eigenvalue weighted by molar-refractivity contribution is -0.122. The second-order valence-electron chi connectivity index (χ2n) is 5.65. The summed E-state index contributed by atoms with van der Waals surface area (Å²) in [5.41, 5.74) is 0. The minimum absolute atomic E-state index is 0.249. The van der Waals surface area contributed by atoms with Gasteiger partial charge in [0.05, 0.1) is 0 Å². The van der Waals surface area contributed by atoms with Gasteiger partial charge in [0.1, 0.15) is 0 Å². The molecule has 0 unspecified atom stereocenters. The van der Waals surface area contributed by atoms with E-state index in [9.17, 15) is 4.79 Å². The maximum absolute atomic E-state index is 11.8. The van der Waals surface area contributed by atoms with Crippen LogP contribution in [0, 0.1) is 5.92 Å². The Morgan fingerprint density at radius 1 is 1.17 bits per heavy atom. The number of nitrogens with zero attached hydrogens (tertiary/aromatic N) is 1. The molecule has 0 aromatic carbocycles. The standard InChI is InChI=1S/C14H27N3O/c18-14(12-13-4-6-15-7-5-13)16-8-11-17-9-2-1-3-10-17/h13,15H,1-12H2,(H,16,18). The first-order chi connectivity index (χ1) is 8.84. The molecule has 0 aromatic rings. The van der Waals surface area contributed by atoms with Crippen LogP contribution in [0.1, 0.15) is 38.5 Å². The summed E-state index contributed by atoms with van der Waals surface area (Å²) in [6, 6.07) is 0. The fourth-order valence-corrected chi connectivity index (χ4v) is 2.96. The van der Waals surface area contributed by atoms with Gasteiger partial charge < -0.3 is 15.5 Å². The highest BCUT2D eigenvalue weighted by atomic mass is 16.1. The lowest BCUT2D eigenvalue weighted by atomic mass is 9.94. The molecule has 18 heavy (non-hydrogen) atoms. The molecule has 4 heteroatoms. The molecule has 0 saturated carbocycles. The van der Waals surface area contributed by atoms with Gasteiger partial charge in [-0.05, 0) is 57.8 Å². The summed E-state index contributed by atoms with van der Waals surface area (Å²) in [4.78, 5) is 14.3. The number of piperidine rings is 2. The fourth-order valence-electron chi connectivity index (χ4n) is 2.96. The molecule has 104 valence electrons. The van der Waals surface area contributed by atoms with Crippen LogP contribution < -0.4 is 10.6 Å². The van der Waals surface area contributed by atoms with Gasteiger partial charge in [0, 0.05) is 19.5 Å². The van der Waals surface area contributed by atoms with E-state index in [1.54, 1.807) is 0 Å². The first kappa shape index (κ1) is 13.8. The maximum atomic E-state index is 11.8. The molecule has 4 nitrogen and oxygen atoms in total. The average Bonchev–Trinajstić information content (AvgIpc) is 2.41. The summed E-state index contributed by atoms with van der Waals surface area (Å²) in [7, 11) is 0. The Kier molecular flexibility index (Phi) is 5.94. The van der Waals surface area contributed by atoms with E-state index in [2.05, 4.69) is 15.5 Å². The van der Waals surface area contributed by atoms with Crippen LogP contribution in [0.25, 0.3) is 0 Å². The van der Waals surface area contributed by atoms with Crippen molar-refractivity contribution in [2.45, 2.75) is 38.5 Å². The minimum atomic E-state index is 0.249. The van der Waals surface area contributed by atoms with Gasteiger partial charge >= 0.3 is 0 Å². The fraction of sp³-hybridized carbons (Fsp3) is 0.929. The van der Waals surface area contributed by atoms with Gasteiger partial charge in [0.2, 0.25) is 5.91 Å². The van der Waals surface area contributed by atoms with Gasteiger partial charge in [-0.2, -0.15) is 0 Å². The van der Waals surface area contributed by atoms with Gasteiger partial charge in [0.25, 0.3) is 0 Å². The van der Waals surface area contributed by atoms with E-state index in [1.165, 1.54) is 32.4 Å². The highest BCUT2D eigenvalue weighted by Crippen LogP contribution is 2.15. The van der Waals surface area contributed by atoms with Crippen LogP contribution in [0.5, 0.6) is 0 Å². The monoisotopic (exact) mass is 253 g/mol. The first-order valence-electron chi connectivity index (χ1n) is 7.54. The third kappa shape index (κ3) is 4.94. The molecule has 0 atom stereocenters. The number of hydrogen-bond donors (Lipinski definition) is 2. The zero-order chi connectivity index (χ0) is 12.6. The number of amides is 1. The van der Waals surface area contributed by atoms with E-state index in [0.29, 0.717) is 5.92 Å². The topological polar surface area (TPSA) is 44.4 Å². The molecule has 2 N–H and O–H groups in total. The number of nitrogens with one attached hydrogen (secondary N) is 2. The zero-order valence-electron chi connectivity index (χ0n) is 11.4. The summed E-state index contributed by atoms with van der Waals surface area (Å²) < 4.78 is 0. The summed E-state index contributed by atoms with van der Waals surface area (Å²) in [5, 5.41) is 6.41. The SMILES string of the molecule is O=C(CC1CCNCC1)NCCN1CCCCC1. The van der Waals surface area contributed by atoms with Crippen molar-refractivity contribution in [3.8, 4) is 0 Å². The summed E-state index contributed by atoms with van der Waals surface area (Å²) >= 11 is 0. The molecule has 0 radical (unpaired) electrons. The van der Waals surface area contributed by atoms with Crippen molar-refractivity contribution in [2.75, 3.05) is 39.3 Å². The highest BCUT2D eigenvalue weighted by Gasteiger charge is 2.16. The summed E-state index contributed by atoms with van der Waals surface area (Å²) in [6.07, 6.45) is 7.05. The van der Waals surface area contributed by atoms with Crippen LogP contribution in [0.2, 0.25) is 0 Å². The van der Waals surface area contributed by atoms with E-state index >= 15 is 0 Å². The zero-order valence-corrected chi connectivity index (χ0v) is 11.4. The molecule has 0 aromatic heterocycles. The van der Waals surface area contributed by atoms with Gasteiger partial charge in [-0.15, -0.1) is 0 Å². The van der Waals surface area contributed by atoms with E-state index in [1.807, 2.05) is 0 Å². The van der Waals surface area contributed by atoms with Crippen LogP contribution >= 0.6 is 0 Å². The number of carbonyl (C=O) groups excluding carboxylic acids is 1. The Morgan fingerprint density at radius 3 is 2.61 bits per heavy atom. The smallest absolute Gasteiger partial charge is 0.220 e. The molecule has 2 aliphatic rings. The summed E-state index contributed by atoms with van der Waals surface area (Å²) in [5.74, 6) is 0.847. The van der Waals surface area contributed by atoms with Crippen LogP contribution in [-0.2, 0) is 4.79 Å². The quantitative estimate of drug-likeness (QED) is 0.767. The van der Waals surface area contributed by atoms with Crippen LogP contribution in [0.4, 0.5) is 0 Å². The van der Waals surface area contributed by atoms with Crippen molar-refractivity contribution >= 4 is 5.91 Å². The first-order valence-corrected chi connectivity index (χ1v) is 7.54. The number of rotatable bonds is 5. The second-order valence-corrected chi connectivity index (χ2v) is 5.65. The number of carbonyl (C=O) groups is 1. The van der Waals surface area contributed by atoms with E-state index in [0.717, 1.165) is 45.4 Å². The molecule has 0 aliphatic carbocycles. The van der Waals surface area contributed by atoms with Crippen molar-refractivity contribution in [3.05, 3.63) is 0 Å². The number of likely N-dealkylation sites (tertiary alicyclic amines) is 1. The van der Waals surface area contributed by atoms with E-state index in [4.69, 9.17) is 0 Å². The van der Waals surface area contributed by atoms with E-state index in [-0.39, 0.29) is 5.91 Å². The lowest BCUT2D eigenvalue weighted by Crippen LogP contribution is -2.38. The normalized spacial score (nSPS) is 22.9. The predicted octanol–water partition coefficient (Wildman–Crippen LogP) is 0.978. The Morgan fingerprint density at radius 2 is 1.89 bits per heavy atom. The third-order valence-electron chi connectivity index (χ3n) is 4.13. The summed E-state index contributed by atoms with van der Waals surface area (Å²) in [6.45, 7) is 6.42. The van der Waals surface area contributed by atoms with Gasteiger partial charge in [0.15, 0.2) is 0 Å². The van der Waals surface area contributed by atoms with Crippen LogP contribution in [0.15, 0.2) is 0 Å². The molecule has 2 aliphatic heterocycles. The maximum Gasteiger partial charge on any atom is 0.220 e. The largest absolute Gasteiger partial charge is 0.355 e. The second kappa shape index (κ2) is 7.74. The Labute approximate surface area is 110 Å². The van der Waals surface area contributed by atoms with E-state index < -0.39 is 0 Å². The Balaban J connectivity index is 1.53. The van der Waals surface area contributed by atoms with Crippen molar-refractivity contribution in [3.63, 3.8) is 0 Å². The lowest BCUT2D eigenvalue weighted by Gasteiger charge is -2.26. The van der Waals surface area contributed by atoms with Crippen LogP contribution in [-0.4, -0.2) is 50.1 Å². The molecule has 2 heterocycles. The molecular weight excluding hydrogens is 226 g/mol. The van der Waals surface area contributed by atoms with Gasteiger partial charge in [-0.1, -0.05) is 6.42 Å². The predicted molar refractivity (Wildman–Crippen MR) is 73.5 cm³/mol. The molecule has 1 amide bonds. The van der Waals surface area contributed by atoms with Crippen molar-refractivity contribution in [1.29, 1.82) is 0 Å². The molecule has 0 spiro atoms. The Bertz CT molecular complexity index is 245.